The maximum atomic E-state index is 10.4. The molecular formula is C7H8OPS+. The highest BCUT2D eigenvalue weighted by atomic mass is 32.2. The van der Waals surface area contributed by atoms with Crippen LogP contribution < -0.4 is 5.30 Å². The highest BCUT2D eigenvalue weighted by molar-refractivity contribution is 7.98. The first-order valence-electron chi connectivity index (χ1n) is 2.89. The van der Waals surface area contributed by atoms with Gasteiger partial charge in [-0.2, -0.15) is 0 Å². The molecule has 1 aromatic carbocycles. The minimum atomic E-state index is -0.331. The second kappa shape index (κ2) is 3.75. The van der Waals surface area contributed by atoms with Gasteiger partial charge in [0.2, 0.25) is 0 Å². The van der Waals surface area contributed by atoms with Crippen LogP contribution in [0, 0.1) is 0 Å². The quantitative estimate of drug-likeness (QED) is 0.500. The van der Waals surface area contributed by atoms with Crippen LogP contribution in [-0.2, 0) is 4.57 Å². The lowest BCUT2D eigenvalue weighted by Gasteiger charge is -1.90. The summed E-state index contributed by atoms with van der Waals surface area (Å²) in [4.78, 5) is 1.21. The fraction of sp³-hybridized carbons (Fsp3) is 0.143. The second-order valence-corrected chi connectivity index (χ2v) is 3.49. The minimum absolute atomic E-state index is 0.331. The van der Waals surface area contributed by atoms with E-state index in [9.17, 15) is 4.57 Å². The molecule has 10 heavy (non-hydrogen) atoms. The second-order valence-electron chi connectivity index (χ2n) is 1.83. The van der Waals surface area contributed by atoms with Crippen LogP contribution in [0.4, 0.5) is 0 Å². The highest BCUT2D eigenvalue weighted by Gasteiger charge is 1.96. The monoisotopic (exact) mass is 171 g/mol. The Hall–Kier alpha value is -0.330. The molecule has 0 bridgehead atoms. The van der Waals surface area contributed by atoms with Gasteiger partial charge in [-0.05, 0) is 30.5 Å². The Kier molecular flexibility index (Phi) is 2.91. The molecule has 1 nitrogen and oxygen atoms in total. The van der Waals surface area contributed by atoms with Crippen molar-refractivity contribution in [3.63, 3.8) is 0 Å². The van der Waals surface area contributed by atoms with Crippen LogP contribution in [0.1, 0.15) is 0 Å². The van der Waals surface area contributed by atoms with E-state index in [1.807, 2.05) is 30.5 Å². The Morgan fingerprint density at radius 2 is 1.90 bits per heavy atom. The van der Waals surface area contributed by atoms with E-state index in [1.165, 1.54) is 4.90 Å². The van der Waals surface area contributed by atoms with E-state index in [0.717, 1.165) is 5.30 Å². The van der Waals surface area contributed by atoms with Gasteiger partial charge in [0.25, 0.3) is 0 Å². The Morgan fingerprint density at radius 3 is 2.30 bits per heavy atom. The number of benzene rings is 1. The normalized spacial score (nSPS) is 10.1. The van der Waals surface area contributed by atoms with Crippen molar-refractivity contribution in [2.75, 3.05) is 6.26 Å². The summed E-state index contributed by atoms with van der Waals surface area (Å²) in [5.41, 5.74) is 0. The van der Waals surface area contributed by atoms with Gasteiger partial charge in [0.15, 0.2) is 5.30 Å². The van der Waals surface area contributed by atoms with Crippen molar-refractivity contribution in [2.45, 2.75) is 4.90 Å². The third-order valence-electron chi connectivity index (χ3n) is 1.21. The lowest BCUT2D eigenvalue weighted by molar-refractivity contribution is 0.603. The van der Waals surface area contributed by atoms with Crippen molar-refractivity contribution < 1.29 is 4.57 Å². The van der Waals surface area contributed by atoms with Gasteiger partial charge < -0.3 is 0 Å². The zero-order valence-electron chi connectivity index (χ0n) is 5.63. The Labute approximate surface area is 66.0 Å². The molecule has 0 fully saturated rings. The van der Waals surface area contributed by atoms with E-state index in [1.54, 1.807) is 11.8 Å². The third kappa shape index (κ3) is 1.83. The lowest BCUT2D eigenvalue weighted by atomic mass is 10.4. The summed E-state index contributed by atoms with van der Waals surface area (Å²) in [5.74, 6) is 0. The molecule has 3 heteroatoms. The maximum absolute atomic E-state index is 10.4. The molecule has 52 valence electrons. The summed E-state index contributed by atoms with van der Waals surface area (Å²) < 4.78 is 10.4. The lowest BCUT2D eigenvalue weighted by Crippen LogP contribution is -1.87. The van der Waals surface area contributed by atoms with Crippen LogP contribution in [0.25, 0.3) is 0 Å². The molecule has 0 spiro atoms. The first-order chi connectivity index (χ1) is 4.86. The summed E-state index contributed by atoms with van der Waals surface area (Å²) in [5, 5.41) is 0.887. The number of thioether (sulfide) groups is 1. The zero-order valence-corrected chi connectivity index (χ0v) is 7.44. The van der Waals surface area contributed by atoms with Gasteiger partial charge in [-0.25, -0.2) is 0 Å². The van der Waals surface area contributed by atoms with Crippen LogP contribution >= 0.6 is 20.2 Å². The highest BCUT2D eigenvalue weighted by Crippen LogP contribution is 2.12. The Bertz CT molecular complexity index is 220. The molecule has 0 N–H and O–H groups in total. The van der Waals surface area contributed by atoms with Crippen molar-refractivity contribution in [3.8, 4) is 0 Å². The van der Waals surface area contributed by atoms with E-state index >= 15 is 0 Å². The zero-order chi connectivity index (χ0) is 7.40. The van der Waals surface area contributed by atoms with Gasteiger partial charge in [0.1, 0.15) is 0 Å². The van der Waals surface area contributed by atoms with Crippen molar-refractivity contribution in [1.82, 2.24) is 0 Å². The number of rotatable bonds is 2. The van der Waals surface area contributed by atoms with E-state index in [2.05, 4.69) is 0 Å². The van der Waals surface area contributed by atoms with E-state index in [4.69, 9.17) is 0 Å². The molecule has 1 aromatic rings. The van der Waals surface area contributed by atoms with E-state index < -0.39 is 0 Å². The first kappa shape index (κ1) is 7.77. The number of hydrogen-bond acceptors (Lipinski definition) is 2. The molecule has 0 aliphatic heterocycles. The standard InChI is InChI=1S/C7H7OPS/c1-10-7-4-2-6(9-8)3-5-7/h2-5H,1H3/p+1. The van der Waals surface area contributed by atoms with Gasteiger partial charge >= 0.3 is 8.46 Å². The van der Waals surface area contributed by atoms with Crippen LogP contribution in [0.2, 0.25) is 0 Å². The molecule has 0 radical (unpaired) electrons. The molecule has 0 aromatic heterocycles. The predicted octanol–water partition coefficient (Wildman–Crippen LogP) is 2.06. The molecule has 0 saturated heterocycles. The van der Waals surface area contributed by atoms with Crippen molar-refractivity contribution >= 4 is 25.5 Å². The fourth-order valence-electron chi connectivity index (χ4n) is 0.659. The smallest absolute Gasteiger partial charge is 0.130 e. The SMILES string of the molecule is CSc1ccc([PH+]=O)cc1. The molecule has 1 rings (SSSR count). The maximum Gasteiger partial charge on any atom is 0.363 e. The van der Waals surface area contributed by atoms with Gasteiger partial charge in [0.05, 0.1) is 0 Å². The minimum Gasteiger partial charge on any atom is -0.130 e. The van der Waals surface area contributed by atoms with Crippen molar-refractivity contribution in [2.24, 2.45) is 0 Å². The van der Waals surface area contributed by atoms with Crippen LogP contribution in [-0.4, -0.2) is 6.26 Å². The summed E-state index contributed by atoms with van der Waals surface area (Å²) in [6.07, 6.45) is 2.02. The van der Waals surface area contributed by atoms with Crippen LogP contribution in [0.3, 0.4) is 0 Å². The van der Waals surface area contributed by atoms with E-state index in [-0.39, 0.29) is 8.46 Å². The van der Waals surface area contributed by atoms with Gasteiger partial charge in [-0.3, -0.25) is 0 Å². The first-order valence-corrected chi connectivity index (χ1v) is 5.02. The molecule has 0 amide bonds. The summed E-state index contributed by atoms with van der Waals surface area (Å²) in [6, 6.07) is 7.73. The van der Waals surface area contributed by atoms with Gasteiger partial charge in [0, 0.05) is 4.90 Å². The van der Waals surface area contributed by atoms with Crippen molar-refractivity contribution in [3.05, 3.63) is 24.3 Å². The Morgan fingerprint density at radius 1 is 1.30 bits per heavy atom. The summed E-state index contributed by atoms with van der Waals surface area (Å²) in [7, 11) is -0.331. The van der Waals surface area contributed by atoms with E-state index in [0.29, 0.717) is 0 Å². The topological polar surface area (TPSA) is 17.1 Å². The molecule has 0 saturated carbocycles. The average Bonchev–Trinajstić information content (AvgIpc) is 2.05. The van der Waals surface area contributed by atoms with Gasteiger partial charge in [-0.1, -0.05) is 4.57 Å². The van der Waals surface area contributed by atoms with Crippen LogP contribution in [0.5, 0.6) is 0 Å². The summed E-state index contributed by atoms with van der Waals surface area (Å²) in [6.45, 7) is 0. The average molecular weight is 171 g/mol. The molecule has 0 aliphatic carbocycles. The van der Waals surface area contributed by atoms with Crippen LogP contribution in [0.15, 0.2) is 29.2 Å². The largest absolute Gasteiger partial charge is 0.363 e. The Balaban J connectivity index is 2.90. The fourth-order valence-corrected chi connectivity index (χ4v) is 1.37. The number of hydrogen-bond donors (Lipinski definition) is 0. The summed E-state index contributed by atoms with van der Waals surface area (Å²) >= 11 is 1.69. The molecule has 0 heterocycles. The molecule has 1 atom stereocenters. The van der Waals surface area contributed by atoms with Gasteiger partial charge in [-0.15, -0.1) is 11.8 Å². The molecule has 1 unspecified atom stereocenters. The molecule has 0 aliphatic rings. The predicted molar refractivity (Wildman–Crippen MR) is 46.9 cm³/mol. The van der Waals surface area contributed by atoms with Crippen molar-refractivity contribution in [1.29, 1.82) is 0 Å². The third-order valence-corrected chi connectivity index (χ3v) is 2.52. The molecular weight excluding hydrogens is 163 g/mol.